The van der Waals surface area contributed by atoms with E-state index in [4.69, 9.17) is 0 Å². The first-order valence-electron chi connectivity index (χ1n) is 10.9. The molecule has 170 valence electrons. The molecule has 3 N–H and O–H groups in total. The van der Waals surface area contributed by atoms with Crippen molar-refractivity contribution in [2.24, 2.45) is 11.3 Å². The summed E-state index contributed by atoms with van der Waals surface area (Å²) in [6.07, 6.45) is -1.15. The number of aryl methyl sites for hydroxylation is 1. The van der Waals surface area contributed by atoms with E-state index < -0.39 is 17.6 Å². The lowest BCUT2D eigenvalue weighted by molar-refractivity contribution is 0.172. The molecule has 6 heteroatoms. The quantitative estimate of drug-likeness (QED) is 0.479. The molecule has 0 aliphatic carbocycles. The third kappa shape index (κ3) is 4.64. The van der Waals surface area contributed by atoms with Crippen molar-refractivity contribution in [1.29, 1.82) is 0 Å². The van der Waals surface area contributed by atoms with Crippen LogP contribution >= 0.6 is 0 Å². The molecule has 1 amide bonds. The first kappa shape index (κ1) is 23.4. The molecule has 3 rings (SSSR count). The van der Waals surface area contributed by atoms with Gasteiger partial charge in [-0.3, -0.25) is 4.79 Å². The summed E-state index contributed by atoms with van der Waals surface area (Å²) in [7, 11) is 0. The summed E-state index contributed by atoms with van der Waals surface area (Å²) in [5.74, 6) is 0.216. The average Bonchev–Trinajstić information content (AvgIpc) is 2.68. The van der Waals surface area contributed by atoms with E-state index in [1.54, 1.807) is 16.7 Å². The summed E-state index contributed by atoms with van der Waals surface area (Å²) in [5, 5.41) is 23.7. The van der Waals surface area contributed by atoms with E-state index in [9.17, 15) is 19.8 Å². The molecule has 0 spiro atoms. The number of nitrogens with zero attached hydrogens (tertiary/aromatic N) is 1. The van der Waals surface area contributed by atoms with E-state index >= 15 is 0 Å². The Labute approximate surface area is 188 Å². The number of pyridine rings is 1. The Hall–Kier alpha value is -3.28. The van der Waals surface area contributed by atoms with Crippen LogP contribution in [0.15, 0.2) is 47.3 Å². The summed E-state index contributed by atoms with van der Waals surface area (Å²) >= 11 is 0. The molecule has 0 bridgehead atoms. The van der Waals surface area contributed by atoms with Gasteiger partial charge in [-0.2, -0.15) is 0 Å². The molecule has 0 fully saturated rings. The molecule has 32 heavy (non-hydrogen) atoms. The topological polar surface area (TPSA) is 91.6 Å². The van der Waals surface area contributed by atoms with Gasteiger partial charge in [0.25, 0.3) is 5.56 Å². The van der Waals surface area contributed by atoms with E-state index in [2.05, 4.69) is 5.32 Å². The van der Waals surface area contributed by atoms with E-state index in [-0.39, 0.29) is 17.2 Å². The molecular formula is C26H32N2O4. The maximum Gasteiger partial charge on any atom is 0.405 e. The highest BCUT2D eigenvalue weighted by Crippen LogP contribution is 2.41. The number of amides is 1. The lowest BCUT2D eigenvalue weighted by Gasteiger charge is -2.35. The third-order valence-electron chi connectivity index (χ3n) is 5.59. The second-order valence-corrected chi connectivity index (χ2v) is 9.91. The van der Waals surface area contributed by atoms with Crippen LogP contribution in [0.2, 0.25) is 0 Å². The number of benzene rings is 2. The van der Waals surface area contributed by atoms with Crippen molar-refractivity contribution in [2.75, 3.05) is 0 Å². The van der Waals surface area contributed by atoms with Crippen molar-refractivity contribution in [3.8, 4) is 16.9 Å². The number of phenols is 1. The molecule has 2 aromatic carbocycles. The van der Waals surface area contributed by atoms with Gasteiger partial charge < -0.3 is 20.1 Å². The summed E-state index contributed by atoms with van der Waals surface area (Å²) in [6.45, 7) is 12.3. The van der Waals surface area contributed by atoms with Gasteiger partial charge in [0.1, 0.15) is 5.75 Å². The van der Waals surface area contributed by atoms with Crippen molar-refractivity contribution in [2.45, 2.75) is 54.1 Å². The first-order valence-corrected chi connectivity index (χ1v) is 10.9. The summed E-state index contributed by atoms with van der Waals surface area (Å²) in [4.78, 5) is 25.5. The van der Waals surface area contributed by atoms with Gasteiger partial charge in [0.2, 0.25) is 0 Å². The number of carbonyl (C=O) groups is 1. The van der Waals surface area contributed by atoms with Crippen LogP contribution in [0, 0.1) is 18.3 Å². The van der Waals surface area contributed by atoms with Crippen molar-refractivity contribution < 1.29 is 15.0 Å². The van der Waals surface area contributed by atoms with Crippen LogP contribution in [0.5, 0.6) is 5.75 Å². The highest BCUT2D eigenvalue weighted by Gasteiger charge is 2.34. The number of hydrogen-bond acceptors (Lipinski definition) is 3. The number of hydrogen-bond donors (Lipinski definition) is 3. The van der Waals surface area contributed by atoms with E-state index in [1.165, 1.54) is 6.07 Å². The second-order valence-electron chi connectivity index (χ2n) is 9.91. The Kier molecular flexibility index (Phi) is 6.35. The molecule has 0 saturated heterocycles. The first-order chi connectivity index (χ1) is 14.9. The normalized spacial score (nSPS) is 12.8. The Balaban J connectivity index is 2.58. The number of rotatable bonds is 5. The van der Waals surface area contributed by atoms with Crippen molar-refractivity contribution >= 4 is 16.9 Å². The van der Waals surface area contributed by atoms with Crippen LogP contribution in [-0.2, 0) is 6.54 Å². The van der Waals surface area contributed by atoms with Gasteiger partial charge in [-0.1, -0.05) is 64.4 Å². The van der Waals surface area contributed by atoms with Crippen LogP contribution in [0.3, 0.4) is 0 Å². The van der Waals surface area contributed by atoms with Crippen LogP contribution in [0.4, 0.5) is 4.79 Å². The monoisotopic (exact) mass is 436 g/mol. The van der Waals surface area contributed by atoms with Crippen LogP contribution in [-0.4, -0.2) is 20.9 Å². The number of fused-ring (bicyclic) bond motifs is 1. The molecule has 0 aliphatic heterocycles. The standard InChI is InChI=1S/C26H32N2O4/c1-15(2)14-28-22(23(26(4,5)6)27-25(31)32)21(17-9-7-16(3)8-10-17)20-13-18(29)11-12-19(20)24(28)30/h7-13,15,23,27,29H,14H2,1-6H3,(H,31,32). The van der Waals surface area contributed by atoms with Gasteiger partial charge in [-0.15, -0.1) is 0 Å². The number of aromatic nitrogens is 1. The zero-order valence-corrected chi connectivity index (χ0v) is 19.6. The fraction of sp³-hybridized carbons (Fsp3) is 0.385. The highest BCUT2D eigenvalue weighted by molar-refractivity contribution is 5.98. The fourth-order valence-corrected chi connectivity index (χ4v) is 4.14. The fourth-order valence-electron chi connectivity index (χ4n) is 4.14. The molecular weight excluding hydrogens is 404 g/mol. The Morgan fingerprint density at radius 1 is 1.06 bits per heavy atom. The van der Waals surface area contributed by atoms with E-state index in [0.29, 0.717) is 23.0 Å². The third-order valence-corrected chi connectivity index (χ3v) is 5.59. The summed E-state index contributed by atoms with van der Waals surface area (Å²) < 4.78 is 1.71. The Morgan fingerprint density at radius 2 is 1.69 bits per heavy atom. The van der Waals surface area contributed by atoms with Gasteiger partial charge in [0.05, 0.1) is 11.7 Å². The molecule has 1 atom stereocenters. The lowest BCUT2D eigenvalue weighted by Crippen LogP contribution is -2.40. The number of nitrogens with one attached hydrogen (secondary N) is 1. The minimum Gasteiger partial charge on any atom is -0.508 e. The molecule has 0 aliphatic rings. The Bertz CT molecular complexity index is 1200. The maximum absolute atomic E-state index is 13.7. The van der Waals surface area contributed by atoms with Crippen LogP contribution < -0.4 is 10.9 Å². The highest BCUT2D eigenvalue weighted by atomic mass is 16.4. The molecule has 6 nitrogen and oxygen atoms in total. The molecule has 0 radical (unpaired) electrons. The van der Waals surface area contributed by atoms with Crippen LogP contribution in [0.25, 0.3) is 21.9 Å². The van der Waals surface area contributed by atoms with Crippen molar-refractivity contribution in [1.82, 2.24) is 9.88 Å². The second kappa shape index (κ2) is 8.69. The smallest absolute Gasteiger partial charge is 0.405 e. The minimum atomic E-state index is -1.15. The maximum atomic E-state index is 13.7. The van der Waals surface area contributed by atoms with Crippen LogP contribution in [0.1, 0.15) is 51.9 Å². The molecule has 1 unspecified atom stereocenters. The van der Waals surface area contributed by atoms with Gasteiger partial charge in [0.15, 0.2) is 0 Å². The minimum absolute atomic E-state index is 0.0522. The van der Waals surface area contributed by atoms with Crippen molar-refractivity contribution in [3.05, 3.63) is 64.1 Å². The number of phenolic OH excluding ortho intramolecular Hbond substituents is 1. The largest absolute Gasteiger partial charge is 0.508 e. The van der Waals surface area contributed by atoms with Gasteiger partial charge >= 0.3 is 6.09 Å². The number of aromatic hydroxyl groups is 1. The lowest BCUT2D eigenvalue weighted by atomic mass is 9.80. The van der Waals surface area contributed by atoms with E-state index in [0.717, 1.165) is 16.7 Å². The number of carboxylic acid groups (broad SMARTS) is 1. The summed E-state index contributed by atoms with van der Waals surface area (Å²) in [5.41, 5.74) is 2.61. The predicted octanol–water partition coefficient (Wildman–Crippen LogP) is 5.69. The molecule has 1 aromatic heterocycles. The molecule has 0 saturated carbocycles. The average molecular weight is 437 g/mol. The molecule has 1 heterocycles. The molecule has 3 aromatic rings. The zero-order chi connectivity index (χ0) is 23.8. The van der Waals surface area contributed by atoms with Gasteiger partial charge in [-0.05, 0) is 42.0 Å². The summed E-state index contributed by atoms with van der Waals surface area (Å²) in [6, 6.07) is 12.0. The van der Waals surface area contributed by atoms with Gasteiger partial charge in [0, 0.05) is 22.9 Å². The predicted molar refractivity (Wildman–Crippen MR) is 128 cm³/mol. The Morgan fingerprint density at radius 3 is 2.22 bits per heavy atom. The van der Waals surface area contributed by atoms with E-state index in [1.807, 2.05) is 65.8 Å². The van der Waals surface area contributed by atoms with Crippen molar-refractivity contribution in [3.63, 3.8) is 0 Å². The zero-order valence-electron chi connectivity index (χ0n) is 19.6. The SMILES string of the molecule is Cc1ccc(-c2c(C(NC(=O)O)C(C)(C)C)n(CC(C)C)c(=O)c3ccc(O)cc23)cc1. The van der Waals surface area contributed by atoms with Gasteiger partial charge in [-0.25, -0.2) is 4.79 Å².